The summed E-state index contributed by atoms with van der Waals surface area (Å²) in [5.41, 5.74) is 1.79. The second-order valence-corrected chi connectivity index (χ2v) is 6.04. The molecule has 0 saturated carbocycles. The first kappa shape index (κ1) is 17.3. The van der Waals surface area contributed by atoms with Crippen molar-refractivity contribution in [3.8, 4) is 0 Å². The molecule has 1 heterocycles. The molecule has 0 aliphatic heterocycles. The van der Waals surface area contributed by atoms with E-state index < -0.39 is 6.10 Å². The summed E-state index contributed by atoms with van der Waals surface area (Å²) in [5, 5.41) is 16.1. The molecule has 23 heavy (non-hydrogen) atoms. The van der Waals surface area contributed by atoms with Crippen LogP contribution in [0.4, 0.5) is 9.18 Å². The normalized spacial score (nSPS) is 12.6. The Balaban J connectivity index is 1.72. The topological polar surface area (TPSA) is 77.2 Å². The summed E-state index contributed by atoms with van der Waals surface area (Å²) in [4.78, 5) is 14.7. The predicted molar refractivity (Wildman–Crippen MR) is 88.8 cm³/mol. The number of aromatic amines is 1. The van der Waals surface area contributed by atoms with Gasteiger partial charge in [-0.05, 0) is 42.5 Å². The standard InChI is InChI=1S/C17H24FN3O2/c1-11(2)16(22)6-8-20-17(23)19-7-5-12-10-21-15-9-13(18)3-4-14(12)15/h3-4,9-11,16,21-22H,5-8H2,1-2H3,(H2,19,20,23). The van der Waals surface area contributed by atoms with Gasteiger partial charge < -0.3 is 20.7 Å². The maximum absolute atomic E-state index is 13.1. The first-order valence-electron chi connectivity index (χ1n) is 7.92. The van der Waals surface area contributed by atoms with Crippen LogP contribution in [-0.4, -0.2) is 35.3 Å². The fourth-order valence-corrected chi connectivity index (χ4v) is 2.41. The van der Waals surface area contributed by atoms with Crippen LogP contribution >= 0.6 is 0 Å². The fourth-order valence-electron chi connectivity index (χ4n) is 2.41. The number of hydrogen-bond acceptors (Lipinski definition) is 2. The first-order valence-corrected chi connectivity index (χ1v) is 7.92. The molecule has 2 rings (SSSR count). The Morgan fingerprint density at radius 1 is 1.30 bits per heavy atom. The number of aliphatic hydroxyl groups is 1. The number of benzene rings is 1. The molecular formula is C17H24FN3O2. The average Bonchev–Trinajstić information content (AvgIpc) is 2.89. The largest absolute Gasteiger partial charge is 0.393 e. The lowest BCUT2D eigenvalue weighted by molar-refractivity contribution is 0.116. The van der Waals surface area contributed by atoms with Crippen molar-refractivity contribution in [2.75, 3.05) is 13.1 Å². The SMILES string of the molecule is CC(C)C(O)CCNC(=O)NCCc1c[nH]c2cc(F)ccc12. The number of hydrogen-bond donors (Lipinski definition) is 4. The van der Waals surface area contributed by atoms with E-state index in [0.29, 0.717) is 25.9 Å². The molecule has 5 nitrogen and oxygen atoms in total. The highest BCUT2D eigenvalue weighted by molar-refractivity contribution is 5.83. The Morgan fingerprint density at radius 2 is 2.04 bits per heavy atom. The highest BCUT2D eigenvalue weighted by Gasteiger charge is 2.09. The zero-order valence-corrected chi connectivity index (χ0v) is 13.5. The number of halogens is 1. The molecule has 1 unspecified atom stereocenters. The van der Waals surface area contributed by atoms with Crippen LogP contribution in [0.15, 0.2) is 24.4 Å². The smallest absolute Gasteiger partial charge is 0.314 e. The third-order valence-electron chi connectivity index (χ3n) is 3.90. The van der Waals surface area contributed by atoms with Gasteiger partial charge in [0.05, 0.1) is 6.10 Å². The van der Waals surface area contributed by atoms with E-state index in [1.54, 1.807) is 6.07 Å². The molecule has 1 aromatic carbocycles. The number of amides is 2. The molecule has 0 fully saturated rings. The van der Waals surface area contributed by atoms with Gasteiger partial charge in [0.2, 0.25) is 0 Å². The van der Waals surface area contributed by atoms with Gasteiger partial charge in [0, 0.05) is 30.2 Å². The predicted octanol–water partition coefficient (Wildman–Crippen LogP) is 2.56. The Kier molecular flexibility index (Phi) is 5.98. The summed E-state index contributed by atoms with van der Waals surface area (Å²) in [5.74, 6) is -0.0847. The molecule has 0 radical (unpaired) electrons. The van der Waals surface area contributed by atoms with Gasteiger partial charge in [-0.1, -0.05) is 13.8 Å². The molecule has 0 aliphatic carbocycles. The molecule has 0 spiro atoms. The molecule has 6 heteroatoms. The summed E-state index contributed by atoms with van der Waals surface area (Å²) in [6.07, 6.45) is 2.64. The van der Waals surface area contributed by atoms with Crippen molar-refractivity contribution in [1.29, 1.82) is 0 Å². The number of H-pyrrole nitrogens is 1. The number of nitrogens with one attached hydrogen (secondary N) is 3. The van der Waals surface area contributed by atoms with Crippen LogP contribution in [0, 0.1) is 11.7 Å². The van der Waals surface area contributed by atoms with Crippen molar-refractivity contribution in [2.24, 2.45) is 5.92 Å². The van der Waals surface area contributed by atoms with Gasteiger partial charge in [-0.3, -0.25) is 0 Å². The van der Waals surface area contributed by atoms with Gasteiger partial charge in [0.1, 0.15) is 5.82 Å². The van der Waals surface area contributed by atoms with Crippen LogP contribution < -0.4 is 10.6 Å². The fraction of sp³-hybridized carbons (Fsp3) is 0.471. The number of aliphatic hydroxyl groups excluding tert-OH is 1. The number of fused-ring (bicyclic) bond motifs is 1. The summed E-state index contributed by atoms with van der Waals surface area (Å²) in [7, 11) is 0. The van der Waals surface area contributed by atoms with Gasteiger partial charge in [-0.15, -0.1) is 0 Å². The summed E-state index contributed by atoms with van der Waals surface area (Å²) in [6, 6.07) is 4.38. The molecule has 0 aliphatic rings. The third kappa shape index (κ3) is 4.96. The van der Waals surface area contributed by atoms with Crippen LogP contribution in [0.25, 0.3) is 10.9 Å². The van der Waals surface area contributed by atoms with Crippen molar-refractivity contribution in [2.45, 2.75) is 32.8 Å². The number of carbonyl (C=O) groups is 1. The van der Waals surface area contributed by atoms with E-state index in [4.69, 9.17) is 0 Å². The van der Waals surface area contributed by atoms with Gasteiger partial charge in [0.15, 0.2) is 0 Å². The molecule has 2 aromatic rings. The lowest BCUT2D eigenvalue weighted by Crippen LogP contribution is -2.38. The lowest BCUT2D eigenvalue weighted by Gasteiger charge is -2.14. The summed E-state index contributed by atoms with van der Waals surface area (Å²) >= 11 is 0. The van der Waals surface area contributed by atoms with E-state index >= 15 is 0 Å². The molecule has 126 valence electrons. The summed E-state index contributed by atoms with van der Waals surface area (Å²) < 4.78 is 13.1. The highest BCUT2D eigenvalue weighted by atomic mass is 19.1. The van der Waals surface area contributed by atoms with Crippen LogP contribution in [0.5, 0.6) is 0 Å². The van der Waals surface area contributed by atoms with Crippen molar-refractivity contribution in [3.05, 3.63) is 35.8 Å². The third-order valence-corrected chi connectivity index (χ3v) is 3.90. The second-order valence-electron chi connectivity index (χ2n) is 6.04. The summed E-state index contributed by atoms with van der Waals surface area (Å²) in [6.45, 7) is 4.82. The zero-order chi connectivity index (χ0) is 16.8. The van der Waals surface area contributed by atoms with Crippen LogP contribution in [-0.2, 0) is 6.42 Å². The molecule has 0 bridgehead atoms. The average molecular weight is 321 g/mol. The number of carbonyl (C=O) groups excluding carboxylic acids is 1. The quantitative estimate of drug-likeness (QED) is 0.632. The molecule has 1 atom stereocenters. The Labute approximate surface area is 135 Å². The molecular weight excluding hydrogens is 297 g/mol. The minimum atomic E-state index is -0.401. The van der Waals surface area contributed by atoms with E-state index in [1.165, 1.54) is 12.1 Å². The Hall–Kier alpha value is -2.08. The van der Waals surface area contributed by atoms with E-state index in [1.807, 2.05) is 20.0 Å². The maximum atomic E-state index is 13.1. The highest BCUT2D eigenvalue weighted by Crippen LogP contribution is 2.19. The van der Waals surface area contributed by atoms with E-state index in [9.17, 15) is 14.3 Å². The first-order chi connectivity index (χ1) is 11.0. The van der Waals surface area contributed by atoms with E-state index in [0.717, 1.165) is 16.5 Å². The Bertz CT molecular complexity index is 654. The zero-order valence-electron chi connectivity index (χ0n) is 13.5. The van der Waals surface area contributed by atoms with Gasteiger partial charge in [-0.25, -0.2) is 9.18 Å². The van der Waals surface area contributed by atoms with Gasteiger partial charge in [0.25, 0.3) is 0 Å². The van der Waals surface area contributed by atoms with Crippen LogP contribution in [0.1, 0.15) is 25.8 Å². The minimum Gasteiger partial charge on any atom is -0.393 e. The van der Waals surface area contributed by atoms with Crippen molar-refractivity contribution in [3.63, 3.8) is 0 Å². The number of urea groups is 1. The number of aromatic nitrogens is 1. The lowest BCUT2D eigenvalue weighted by atomic mass is 10.0. The van der Waals surface area contributed by atoms with Crippen molar-refractivity contribution in [1.82, 2.24) is 15.6 Å². The number of rotatable bonds is 7. The van der Waals surface area contributed by atoms with E-state index in [2.05, 4.69) is 15.6 Å². The van der Waals surface area contributed by atoms with Crippen molar-refractivity contribution >= 4 is 16.9 Å². The second kappa shape index (κ2) is 7.97. The van der Waals surface area contributed by atoms with Crippen molar-refractivity contribution < 1.29 is 14.3 Å². The maximum Gasteiger partial charge on any atom is 0.314 e. The van der Waals surface area contributed by atoms with E-state index in [-0.39, 0.29) is 17.8 Å². The molecule has 1 aromatic heterocycles. The van der Waals surface area contributed by atoms with Crippen LogP contribution in [0.3, 0.4) is 0 Å². The molecule has 4 N–H and O–H groups in total. The van der Waals surface area contributed by atoms with Gasteiger partial charge >= 0.3 is 6.03 Å². The van der Waals surface area contributed by atoms with Gasteiger partial charge in [-0.2, -0.15) is 0 Å². The minimum absolute atomic E-state index is 0.187. The Morgan fingerprint density at radius 3 is 2.78 bits per heavy atom. The monoisotopic (exact) mass is 321 g/mol. The molecule has 0 saturated heterocycles. The molecule has 2 amide bonds. The van der Waals surface area contributed by atoms with Crippen LogP contribution in [0.2, 0.25) is 0 Å².